The first-order valence-corrected chi connectivity index (χ1v) is 9.67. The molecule has 4 heterocycles. The van der Waals surface area contributed by atoms with E-state index in [1.165, 1.54) is 0 Å². The van der Waals surface area contributed by atoms with Gasteiger partial charge in [0.05, 0.1) is 24.1 Å². The van der Waals surface area contributed by atoms with Crippen molar-refractivity contribution >= 4 is 17.2 Å². The molecule has 7 heteroatoms. The first-order chi connectivity index (χ1) is 14.3. The summed E-state index contributed by atoms with van der Waals surface area (Å²) in [6.45, 7) is 7.08. The zero-order chi connectivity index (χ0) is 19.6. The molecule has 0 amide bonds. The van der Waals surface area contributed by atoms with Crippen molar-refractivity contribution in [2.45, 2.75) is 0 Å². The smallest absolute Gasteiger partial charge is 0.165 e. The first kappa shape index (κ1) is 17.4. The third-order valence-corrected chi connectivity index (χ3v) is 5.12. The maximum absolute atomic E-state index is 6.06. The van der Waals surface area contributed by atoms with E-state index in [1.54, 1.807) is 4.52 Å². The molecule has 0 spiro atoms. The van der Waals surface area contributed by atoms with Crippen LogP contribution < -0.4 is 10.1 Å². The van der Waals surface area contributed by atoms with E-state index in [1.807, 2.05) is 55.0 Å². The van der Waals surface area contributed by atoms with E-state index in [-0.39, 0.29) is 0 Å². The van der Waals surface area contributed by atoms with Gasteiger partial charge in [0.1, 0.15) is 18.2 Å². The average Bonchev–Trinajstić information content (AvgIpc) is 3.42. The van der Waals surface area contributed by atoms with Gasteiger partial charge in [0.15, 0.2) is 5.65 Å². The highest BCUT2D eigenvalue weighted by atomic mass is 16.5. The van der Waals surface area contributed by atoms with E-state index < -0.39 is 0 Å². The van der Waals surface area contributed by atoms with E-state index in [2.05, 4.69) is 32.9 Å². The lowest BCUT2D eigenvalue weighted by atomic mass is 10.1. The molecule has 0 aliphatic carbocycles. The summed E-state index contributed by atoms with van der Waals surface area (Å²) in [5.74, 6) is 1.66. The third-order valence-electron chi connectivity index (χ3n) is 5.12. The summed E-state index contributed by atoms with van der Waals surface area (Å²) in [4.78, 5) is 10.2. The second kappa shape index (κ2) is 7.35. The van der Waals surface area contributed by atoms with Gasteiger partial charge in [-0.15, -0.1) is 0 Å². The zero-order valence-corrected chi connectivity index (χ0v) is 16.0. The monoisotopic (exact) mass is 386 g/mol. The van der Waals surface area contributed by atoms with E-state index in [9.17, 15) is 0 Å². The normalized spacial score (nSPS) is 14.3. The van der Waals surface area contributed by atoms with Crippen LogP contribution in [-0.4, -0.2) is 50.7 Å². The number of anilines is 1. The summed E-state index contributed by atoms with van der Waals surface area (Å²) < 4.78 is 7.85. The Morgan fingerprint density at radius 1 is 1.14 bits per heavy atom. The van der Waals surface area contributed by atoms with Gasteiger partial charge >= 0.3 is 0 Å². The van der Waals surface area contributed by atoms with Crippen molar-refractivity contribution in [1.29, 1.82) is 0 Å². The Morgan fingerprint density at radius 2 is 2.10 bits per heavy atom. The Morgan fingerprint density at radius 3 is 3.00 bits per heavy atom. The number of nitrogens with one attached hydrogen (secondary N) is 2. The van der Waals surface area contributed by atoms with Crippen molar-refractivity contribution in [1.82, 2.24) is 24.5 Å². The van der Waals surface area contributed by atoms with Gasteiger partial charge in [-0.3, -0.25) is 0 Å². The molecule has 7 nitrogen and oxygen atoms in total. The van der Waals surface area contributed by atoms with Crippen molar-refractivity contribution in [3.63, 3.8) is 0 Å². The molecule has 0 atom stereocenters. The Labute approximate surface area is 168 Å². The SMILES string of the molecule is C=C(c1ccc[nH]1)N1CCNc2ccn3ncc(c3n2)-c2cccc(c2)OCC1. The lowest BCUT2D eigenvalue weighted by Gasteiger charge is -2.26. The van der Waals surface area contributed by atoms with E-state index in [4.69, 9.17) is 9.72 Å². The average molecular weight is 386 g/mol. The van der Waals surface area contributed by atoms with E-state index in [0.717, 1.165) is 59.4 Å². The fourth-order valence-electron chi connectivity index (χ4n) is 3.58. The number of fused-ring (bicyclic) bond motifs is 4. The number of aromatic amines is 1. The van der Waals surface area contributed by atoms with E-state index in [0.29, 0.717) is 6.61 Å². The van der Waals surface area contributed by atoms with Crippen LogP contribution in [0.1, 0.15) is 5.69 Å². The van der Waals surface area contributed by atoms with Crippen molar-refractivity contribution in [3.05, 3.63) is 73.3 Å². The Balaban J connectivity index is 1.49. The molecule has 1 aliphatic heterocycles. The van der Waals surface area contributed by atoms with Crippen LogP contribution in [0.5, 0.6) is 5.75 Å². The minimum Gasteiger partial charge on any atom is -0.492 e. The number of ether oxygens (including phenoxy) is 1. The maximum Gasteiger partial charge on any atom is 0.165 e. The van der Waals surface area contributed by atoms with Crippen LogP contribution in [0.2, 0.25) is 0 Å². The summed E-state index contributed by atoms with van der Waals surface area (Å²) in [5.41, 5.74) is 4.79. The van der Waals surface area contributed by atoms with Crippen molar-refractivity contribution in [2.24, 2.45) is 0 Å². The van der Waals surface area contributed by atoms with Crippen molar-refractivity contribution < 1.29 is 4.74 Å². The van der Waals surface area contributed by atoms with Gasteiger partial charge in [0.2, 0.25) is 0 Å². The topological polar surface area (TPSA) is 70.5 Å². The number of rotatable bonds is 2. The highest BCUT2D eigenvalue weighted by Crippen LogP contribution is 2.27. The number of hydrogen-bond donors (Lipinski definition) is 2. The number of nitrogens with zero attached hydrogens (tertiary/aromatic N) is 4. The van der Waals surface area contributed by atoms with Gasteiger partial charge in [0.25, 0.3) is 0 Å². The van der Waals surface area contributed by atoms with Crippen LogP contribution in [0, 0.1) is 0 Å². The zero-order valence-electron chi connectivity index (χ0n) is 16.0. The predicted molar refractivity (Wildman–Crippen MR) is 114 cm³/mol. The summed E-state index contributed by atoms with van der Waals surface area (Å²) in [6, 6.07) is 14.0. The summed E-state index contributed by atoms with van der Waals surface area (Å²) in [5, 5.41) is 7.85. The predicted octanol–water partition coefficient (Wildman–Crippen LogP) is 3.50. The number of benzene rings is 1. The van der Waals surface area contributed by atoms with Crippen LogP contribution in [0.15, 0.2) is 67.6 Å². The van der Waals surface area contributed by atoms with Gasteiger partial charge < -0.3 is 19.9 Å². The molecule has 3 aromatic heterocycles. The van der Waals surface area contributed by atoms with Crippen LogP contribution in [0.25, 0.3) is 22.5 Å². The molecule has 146 valence electrons. The molecule has 1 aliphatic rings. The van der Waals surface area contributed by atoms with E-state index >= 15 is 0 Å². The molecule has 0 saturated carbocycles. The second-order valence-corrected chi connectivity index (χ2v) is 6.96. The van der Waals surface area contributed by atoms with Crippen LogP contribution >= 0.6 is 0 Å². The lowest BCUT2D eigenvalue weighted by Crippen LogP contribution is -2.31. The van der Waals surface area contributed by atoms with Gasteiger partial charge in [0, 0.05) is 31.0 Å². The molecule has 1 aromatic carbocycles. The molecule has 5 rings (SSSR count). The molecule has 4 aromatic rings. The fraction of sp³-hybridized carbons (Fsp3) is 0.182. The molecule has 2 N–H and O–H groups in total. The second-order valence-electron chi connectivity index (χ2n) is 6.96. The highest BCUT2D eigenvalue weighted by Gasteiger charge is 2.14. The molecule has 0 fully saturated rings. The highest BCUT2D eigenvalue weighted by molar-refractivity contribution is 5.78. The molecule has 4 bridgehead atoms. The fourth-order valence-corrected chi connectivity index (χ4v) is 3.58. The third kappa shape index (κ3) is 3.42. The Hall–Kier alpha value is -3.74. The number of hydrogen-bond acceptors (Lipinski definition) is 5. The largest absolute Gasteiger partial charge is 0.492 e. The summed E-state index contributed by atoms with van der Waals surface area (Å²) in [6.07, 6.45) is 5.68. The molecular formula is C22H22N6O. The summed E-state index contributed by atoms with van der Waals surface area (Å²) in [7, 11) is 0. The first-order valence-electron chi connectivity index (χ1n) is 9.67. The van der Waals surface area contributed by atoms with Gasteiger partial charge in [-0.05, 0) is 35.9 Å². The Kier molecular flexibility index (Phi) is 4.40. The molecule has 0 unspecified atom stereocenters. The van der Waals surface area contributed by atoms with Gasteiger partial charge in [-0.1, -0.05) is 18.7 Å². The molecule has 29 heavy (non-hydrogen) atoms. The number of H-pyrrole nitrogens is 1. The summed E-state index contributed by atoms with van der Waals surface area (Å²) >= 11 is 0. The minimum atomic E-state index is 0.566. The van der Waals surface area contributed by atoms with Crippen molar-refractivity contribution in [2.75, 3.05) is 31.6 Å². The lowest BCUT2D eigenvalue weighted by molar-refractivity contribution is 0.265. The Bertz CT molecular complexity index is 1150. The van der Waals surface area contributed by atoms with Gasteiger partial charge in [-0.25, -0.2) is 9.50 Å². The minimum absolute atomic E-state index is 0.566. The number of aromatic nitrogens is 4. The maximum atomic E-state index is 6.06. The molecule has 0 radical (unpaired) electrons. The van der Waals surface area contributed by atoms with Crippen LogP contribution in [0.4, 0.5) is 5.82 Å². The van der Waals surface area contributed by atoms with Crippen molar-refractivity contribution in [3.8, 4) is 16.9 Å². The molecular weight excluding hydrogens is 364 g/mol. The quantitative estimate of drug-likeness (QED) is 0.552. The standard InChI is InChI=1S/C22H22N6O/c1-16(20-6-3-8-23-20)27-11-9-24-21-7-10-28-22(26-21)19(15-25-28)17-4-2-5-18(14-17)29-13-12-27/h2-8,10,14-15,23H,1,9,11-13H2,(H,24,26). The van der Waals surface area contributed by atoms with Gasteiger partial charge in [-0.2, -0.15) is 5.10 Å². The molecule has 0 saturated heterocycles. The van der Waals surface area contributed by atoms with Crippen LogP contribution in [0.3, 0.4) is 0 Å². The van der Waals surface area contributed by atoms with Crippen LogP contribution in [-0.2, 0) is 0 Å².